The van der Waals surface area contributed by atoms with Crippen molar-refractivity contribution in [3.8, 4) is 0 Å². The van der Waals surface area contributed by atoms with Crippen molar-refractivity contribution < 1.29 is 9.90 Å². The fourth-order valence-corrected chi connectivity index (χ4v) is 2.05. The molecule has 0 rings (SSSR count). The zero-order valence-corrected chi connectivity index (χ0v) is 9.18. The van der Waals surface area contributed by atoms with E-state index in [9.17, 15) is 4.79 Å². The number of alkyl halides is 4. The first kappa shape index (κ1) is 12.7. The Morgan fingerprint density at radius 1 is 1.08 bits per heavy atom. The Labute approximate surface area is 94.0 Å². The molecule has 0 heterocycles. The van der Waals surface area contributed by atoms with Crippen LogP contribution in [0.1, 0.15) is 0 Å². The molecule has 0 atom stereocenters. The molecule has 70 valence electrons. The van der Waals surface area contributed by atoms with Gasteiger partial charge in [0.15, 0.2) is 0 Å². The molecule has 0 bridgehead atoms. The summed E-state index contributed by atoms with van der Waals surface area (Å²) in [7, 11) is 0. The molecule has 0 radical (unpaired) electrons. The van der Waals surface area contributed by atoms with Crippen LogP contribution in [0, 0.1) is 0 Å². The van der Waals surface area contributed by atoms with Gasteiger partial charge in [-0.25, -0.2) is 4.79 Å². The lowest BCUT2D eigenvalue weighted by Crippen LogP contribution is -2.10. The maximum absolute atomic E-state index is 10.3. The van der Waals surface area contributed by atoms with E-state index in [1.807, 2.05) is 0 Å². The van der Waals surface area contributed by atoms with Gasteiger partial charge < -0.3 is 5.11 Å². The standard InChI is InChI=1S/C5H3Cl5O2/c6-2(5(11)12)1(3(7)8)4(9)10/h3-4H,(H,11,12). The lowest BCUT2D eigenvalue weighted by atomic mass is 10.3. The topological polar surface area (TPSA) is 37.3 Å². The van der Waals surface area contributed by atoms with E-state index in [0.717, 1.165) is 0 Å². The minimum atomic E-state index is -1.37. The van der Waals surface area contributed by atoms with Gasteiger partial charge in [-0.3, -0.25) is 0 Å². The smallest absolute Gasteiger partial charge is 0.347 e. The van der Waals surface area contributed by atoms with Crippen molar-refractivity contribution >= 4 is 64.0 Å². The monoisotopic (exact) mass is 270 g/mol. The minimum Gasteiger partial charge on any atom is -0.477 e. The van der Waals surface area contributed by atoms with E-state index in [2.05, 4.69) is 0 Å². The molecule has 12 heavy (non-hydrogen) atoms. The summed E-state index contributed by atoms with van der Waals surface area (Å²) in [6.07, 6.45) is 0. The van der Waals surface area contributed by atoms with Crippen molar-refractivity contribution in [1.29, 1.82) is 0 Å². The van der Waals surface area contributed by atoms with E-state index in [1.165, 1.54) is 0 Å². The van der Waals surface area contributed by atoms with Crippen molar-refractivity contribution in [3.63, 3.8) is 0 Å². The molecule has 0 saturated heterocycles. The second-order valence-electron chi connectivity index (χ2n) is 1.68. The van der Waals surface area contributed by atoms with Gasteiger partial charge in [0.25, 0.3) is 0 Å². The molecule has 0 amide bonds. The summed E-state index contributed by atoms with van der Waals surface area (Å²) in [6, 6.07) is 0. The maximum atomic E-state index is 10.3. The molecule has 0 aromatic heterocycles. The van der Waals surface area contributed by atoms with E-state index in [1.54, 1.807) is 0 Å². The predicted octanol–water partition coefficient (Wildman–Crippen LogP) is 3.17. The number of hydrogen-bond donors (Lipinski definition) is 1. The minimum absolute atomic E-state index is 0.129. The van der Waals surface area contributed by atoms with Crippen LogP contribution < -0.4 is 0 Å². The molecule has 0 spiro atoms. The van der Waals surface area contributed by atoms with E-state index in [4.69, 9.17) is 63.1 Å². The number of carboxylic acid groups (broad SMARTS) is 1. The van der Waals surface area contributed by atoms with Crippen LogP contribution in [0.5, 0.6) is 0 Å². The summed E-state index contributed by atoms with van der Waals surface area (Å²) in [6.45, 7) is 0. The number of hydrogen-bond acceptors (Lipinski definition) is 1. The van der Waals surface area contributed by atoms with Crippen LogP contribution in [0.25, 0.3) is 0 Å². The first-order valence-corrected chi connectivity index (χ1v) is 4.69. The normalized spacial score (nSPS) is 10.6. The summed E-state index contributed by atoms with van der Waals surface area (Å²) in [5.41, 5.74) is -0.129. The summed E-state index contributed by atoms with van der Waals surface area (Å²) in [4.78, 5) is 8.06. The highest BCUT2D eigenvalue weighted by Gasteiger charge is 2.23. The number of aliphatic carboxylic acids is 1. The van der Waals surface area contributed by atoms with E-state index in [-0.39, 0.29) is 5.57 Å². The molecule has 0 aromatic carbocycles. The summed E-state index contributed by atoms with van der Waals surface area (Å²) in [5, 5.41) is 7.87. The molecule has 0 aliphatic heterocycles. The maximum Gasteiger partial charge on any atom is 0.347 e. The Kier molecular flexibility index (Phi) is 5.70. The lowest BCUT2D eigenvalue weighted by molar-refractivity contribution is -0.131. The summed E-state index contributed by atoms with van der Waals surface area (Å²) >= 11 is 26.8. The van der Waals surface area contributed by atoms with Crippen molar-refractivity contribution in [2.24, 2.45) is 0 Å². The molecule has 0 fully saturated rings. The highest BCUT2D eigenvalue weighted by Crippen LogP contribution is 2.29. The van der Waals surface area contributed by atoms with E-state index < -0.39 is 20.7 Å². The first-order valence-electron chi connectivity index (χ1n) is 2.57. The summed E-state index contributed by atoms with van der Waals surface area (Å²) in [5.74, 6) is -1.37. The number of carboxylic acids is 1. The lowest BCUT2D eigenvalue weighted by Gasteiger charge is -2.09. The Morgan fingerprint density at radius 2 is 1.42 bits per heavy atom. The summed E-state index contributed by atoms with van der Waals surface area (Å²) < 4.78 is 0. The number of halogens is 5. The Hall–Kier alpha value is 0.660. The average Bonchev–Trinajstić information content (AvgIpc) is 1.85. The fraction of sp³-hybridized carbons (Fsp3) is 0.400. The van der Waals surface area contributed by atoms with Crippen LogP contribution in [0.15, 0.2) is 10.6 Å². The SMILES string of the molecule is O=C(O)C(Cl)=C(C(Cl)Cl)C(Cl)Cl. The van der Waals surface area contributed by atoms with Gasteiger partial charge in [-0.2, -0.15) is 0 Å². The van der Waals surface area contributed by atoms with E-state index in [0.29, 0.717) is 0 Å². The average molecular weight is 272 g/mol. The third-order valence-electron chi connectivity index (χ3n) is 0.911. The van der Waals surface area contributed by atoms with Crippen LogP contribution in [-0.2, 0) is 4.79 Å². The van der Waals surface area contributed by atoms with Crippen LogP contribution in [-0.4, -0.2) is 20.7 Å². The van der Waals surface area contributed by atoms with Crippen LogP contribution in [0.4, 0.5) is 0 Å². The van der Waals surface area contributed by atoms with Gasteiger partial charge in [0, 0.05) is 5.57 Å². The highest BCUT2D eigenvalue weighted by molar-refractivity contribution is 6.54. The Bertz CT molecular complexity index is 200. The molecule has 0 aromatic rings. The van der Waals surface area contributed by atoms with Gasteiger partial charge >= 0.3 is 5.97 Å². The molecule has 0 unspecified atom stereocenters. The van der Waals surface area contributed by atoms with Crippen molar-refractivity contribution in [2.45, 2.75) is 9.67 Å². The van der Waals surface area contributed by atoms with Gasteiger partial charge in [0.05, 0.1) is 0 Å². The molecule has 0 saturated carbocycles. The molecule has 0 aliphatic rings. The zero-order chi connectivity index (χ0) is 9.89. The van der Waals surface area contributed by atoms with Gasteiger partial charge in [0.1, 0.15) is 14.7 Å². The van der Waals surface area contributed by atoms with Crippen molar-refractivity contribution in [3.05, 3.63) is 10.6 Å². The number of allylic oxidation sites excluding steroid dienone is 1. The van der Waals surface area contributed by atoms with E-state index >= 15 is 0 Å². The Balaban J connectivity index is 4.94. The number of carbonyl (C=O) groups is 1. The van der Waals surface area contributed by atoms with Crippen LogP contribution in [0.3, 0.4) is 0 Å². The van der Waals surface area contributed by atoms with Crippen LogP contribution in [0.2, 0.25) is 0 Å². The third kappa shape index (κ3) is 3.58. The van der Waals surface area contributed by atoms with Gasteiger partial charge in [-0.05, 0) is 0 Å². The molecule has 2 nitrogen and oxygen atoms in total. The number of rotatable bonds is 3. The molecule has 1 N–H and O–H groups in total. The molecule has 0 aliphatic carbocycles. The first-order chi connectivity index (χ1) is 5.37. The zero-order valence-electron chi connectivity index (χ0n) is 5.40. The highest BCUT2D eigenvalue weighted by atomic mass is 35.5. The van der Waals surface area contributed by atoms with Crippen molar-refractivity contribution in [2.75, 3.05) is 0 Å². The van der Waals surface area contributed by atoms with Gasteiger partial charge in [0.2, 0.25) is 0 Å². The third-order valence-corrected chi connectivity index (χ3v) is 2.23. The molecule has 7 heteroatoms. The quantitative estimate of drug-likeness (QED) is 0.633. The predicted molar refractivity (Wildman–Crippen MR) is 51.5 cm³/mol. The van der Waals surface area contributed by atoms with Crippen molar-refractivity contribution in [1.82, 2.24) is 0 Å². The van der Waals surface area contributed by atoms with Crippen LogP contribution >= 0.6 is 58.0 Å². The molecular weight excluding hydrogens is 269 g/mol. The fourth-order valence-electron chi connectivity index (χ4n) is 0.410. The van der Waals surface area contributed by atoms with Gasteiger partial charge in [-0.15, -0.1) is 46.4 Å². The largest absolute Gasteiger partial charge is 0.477 e. The second-order valence-corrected chi connectivity index (χ2v) is 4.25. The second kappa shape index (κ2) is 5.40. The Morgan fingerprint density at radius 3 is 1.50 bits per heavy atom. The van der Waals surface area contributed by atoms with Gasteiger partial charge in [-0.1, -0.05) is 11.6 Å². The molecular formula is C5H3Cl5O2.